The molecule has 11 rings (SSSR count). The van der Waals surface area contributed by atoms with E-state index in [9.17, 15) is 0 Å². The number of anilines is 3. The molecule has 8 aromatic carbocycles. The topological polar surface area (TPSA) is 13.1 Å². The molecular formula is C53H39N3. The summed E-state index contributed by atoms with van der Waals surface area (Å²) in [6, 6.07) is 70.9. The molecule has 0 atom stereocenters. The highest BCUT2D eigenvalue weighted by molar-refractivity contribution is 6.21. The third kappa shape index (κ3) is 4.91. The molecule has 0 amide bonds. The Labute approximate surface area is 327 Å². The van der Waals surface area contributed by atoms with Crippen LogP contribution in [0.2, 0.25) is 0 Å². The highest BCUT2D eigenvalue weighted by Gasteiger charge is 2.35. The predicted molar refractivity (Wildman–Crippen MR) is 235 cm³/mol. The molecule has 0 aliphatic heterocycles. The minimum Gasteiger partial charge on any atom is -0.316 e. The Balaban J connectivity index is 1.17. The van der Waals surface area contributed by atoms with Gasteiger partial charge in [-0.05, 0) is 112 Å². The third-order valence-corrected chi connectivity index (χ3v) is 11.9. The molecule has 0 N–H and O–H groups in total. The second-order valence-corrected chi connectivity index (χ2v) is 15.4. The molecule has 1 aliphatic rings. The smallest absolute Gasteiger partial charge is 0.0628 e. The van der Waals surface area contributed by atoms with Gasteiger partial charge in [0, 0.05) is 56.2 Å². The van der Waals surface area contributed by atoms with Gasteiger partial charge in [0.05, 0.1) is 16.6 Å². The lowest BCUT2D eigenvalue weighted by Crippen LogP contribution is -2.16. The Morgan fingerprint density at radius 1 is 0.446 bits per heavy atom. The van der Waals surface area contributed by atoms with Gasteiger partial charge >= 0.3 is 0 Å². The van der Waals surface area contributed by atoms with Crippen LogP contribution >= 0.6 is 0 Å². The van der Waals surface area contributed by atoms with Gasteiger partial charge in [0.15, 0.2) is 0 Å². The molecule has 0 radical (unpaired) electrons. The maximum Gasteiger partial charge on any atom is 0.0628 e. The van der Waals surface area contributed by atoms with Crippen LogP contribution in [-0.2, 0) is 5.41 Å². The summed E-state index contributed by atoms with van der Waals surface area (Å²) in [6.07, 6.45) is 2.21. The SMILES string of the molecule is CC1(C)c2ccccc2-c2ccc(N(c3ccc(-c4ccccc4)cc3)c3ccc4c(c3)c3c5c(ccc3n4-c3ccccc3)ccn5-c3ccccc3)cc21. The fraction of sp³-hybridized carbons (Fsp3) is 0.0566. The first kappa shape index (κ1) is 32.3. The minimum absolute atomic E-state index is 0.119. The van der Waals surface area contributed by atoms with Crippen molar-refractivity contribution in [2.24, 2.45) is 0 Å². The van der Waals surface area contributed by atoms with Crippen molar-refractivity contribution in [3.05, 3.63) is 211 Å². The van der Waals surface area contributed by atoms with Gasteiger partial charge in [-0.25, -0.2) is 0 Å². The first-order chi connectivity index (χ1) is 27.5. The number of para-hydroxylation sites is 2. The molecule has 3 nitrogen and oxygen atoms in total. The van der Waals surface area contributed by atoms with Crippen molar-refractivity contribution in [1.29, 1.82) is 0 Å². The van der Waals surface area contributed by atoms with Crippen LogP contribution in [0.4, 0.5) is 17.1 Å². The van der Waals surface area contributed by atoms with E-state index in [4.69, 9.17) is 0 Å². The maximum atomic E-state index is 2.44. The number of aromatic nitrogens is 2. The molecule has 2 heterocycles. The number of fused-ring (bicyclic) bond motifs is 8. The molecule has 0 unspecified atom stereocenters. The summed E-state index contributed by atoms with van der Waals surface area (Å²) >= 11 is 0. The number of rotatable bonds is 6. The van der Waals surface area contributed by atoms with Gasteiger partial charge in [0.2, 0.25) is 0 Å². The Kier molecular flexibility index (Phi) is 7.20. The summed E-state index contributed by atoms with van der Waals surface area (Å²) in [5.41, 5.74) is 16.9. The van der Waals surface area contributed by atoms with Crippen LogP contribution in [0.15, 0.2) is 200 Å². The van der Waals surface area contributed by atoms with Crippen molar-refractivity contribution in [3.63, 3.8) is 0 Å². The molecule has 0 saturated heterocycles. The highest BCUT2D eigenvalue weighted by atomic mass is 15.1. The van der Waals surface area contributed by atoms with Crippen molar-refractivity contribution in [2.45, 2.75) is 19.3 Å². The van der Waals surface area contributed by atoms with Crippen molar-refractivity contribution < 1.29 is 0 Å². The van der Waals surface area contributed by atoms with Gasteiger partial charge in [-0.15, -0.1) is 0 Å². The minimum atomic E-state index is -0.119. The molecule has 2 aromatic heterocycles. The van der Waals surface area contributed by atoms with Crippen LogP contribution in [0.5, 0.6) is 0 Å². The lowest BCUT2D eigenvalue weighted by Gasteiger charge is -2.28. The van der Waals surface area contributed by atoms with Crippen LogP contribution < -0.4 is 4.90 Å². The summed E-state index contributed by atoms with van der Waals surface area (Å²) in [6.45, 7) is 4.72. The average Bonchev–Trinajstić information content (AvgIpc) is 3.90. The monoisotopic (exact) mass is 717 g/mol. The lowest BCUT2D eigenvalue weighted by molar-refractivity contribution is 0.660. The van der Waals surface area contributed by atoms with Crippen LogP contribution in [0.1, 0.15) is 25.0 Å². The first-order valence-electron chi connectivity index (χ1n) is 19.4. The summed E-state index contributed by atoms with van der Waals surface area (Å²) in [5, 5.41) is 3.66. The second-order valence-electron chi connectivity index (χ2n) is 15.4. The Bertz CT molecular complexity index is 3080. The molecule has 56 heavy (non-hydrogen) atoms. The van der Waals surface area contributed by atoms with Crippen LogP contribution in [0.3, 0.4) is 0 Å². The molecule has 0 saturated carbocycles. The molecule has 10 aromatic rings. The van der Waals surface area contributed by atoms with E-state index in [0.717, 1.165) is 28.4 Å². The van der Waals surface area contributed by atoms with E-state index in [0.29, 0.717) is 0 Å². The van der Waals surface area contributed by atoms with Crippen molar-refractivity contribution >= 4 is 49.8 Å². The fourth-order valence-electron chi connectivity index (χ4n) is 9.23. The van der Waals surface area contributed by atoms with Gasteiger partial charge < -0.3 is 14.0 Å². The number of benzene rings is 8. The van der Waals surface area contributed by atoms with E-state index in [-0.39, 0.29) is 5.41 Å². The van der Waals surface area contributed by atoms with E-state index in [1.165, 1.54) is 66.1 Å². The van der Waals surface area contributed by atoms with E-state index >= 15 is 0 Å². The number of hydrogen-bond acceptors (Lipinski definition) is 1. The summed E-state index contributed by atoms with van der Waals surface area (Å²) in [7, 11) is 0. The Morgan fingerprint density at radius 2 is 1.04 bits per heavy atom. The molecule has 1 aliphatic carbocycles. The lowest BCUT2D eigenvalue weighted by atomic mass is 9.82. The Hall–Kier alpha value is -7.10. The zero-order valence-electron chi connectivity index (χ0n) is 31.4. The van der Waals surface area contributed by atoms with Crippen molar-refractivity contribution in [3.8, 4) is 33.6 Å². The molecule has 266 valence electrons. The first-order valence-corrected chi connectivity index (χ1v) is 19.4. The van der Waals surface area contributed by atoms with E-state index in [2.05, 4.69) is 228 Å². The standard InChI is InChI=1S/C53H39N3/c1-53(2)47-21-13-12-20-44(47)45-29-27-43(35-48(45)53)55(41-25-22-37(23-26-41)36-14-6-3-7-15-36)42-28-31-49-46(34-42)51-50(56(49)40-18-10-5-11-19-40)30-24-38-32-33-54(52(38)51)39-16-8-4-9-17-39/h3-35H,1-2H3. The van der Waals surface area contributed by atoms with Crippen LogP contribution in [0, 0.1) is 0 Å². The van der Waals surface area contributed by atoms with E-state index < -0.39 is 0 Å². The van der Waals surface area contributed by atoms with Gasteiger partial charge in [-0.1, -0.05) is 129 Å². The van der Waals surface area contributed by atoms with Gasteiger partial charge in [0.1, 0.15) is 0 Å². The van der Waals surface area contributed by atoms with Crippen LogP contribution in [0.25, 0.3) is 66.3 Å². The normalized spacial score (nSPS) is 13.0. The van der Waals surface area contributed by atoms with E-state index in [1.54, 1.807) is 0 Å². The molecule has 0 bridgehead atoms. The van der Waals surface area contributed by atoms with E-state index in [1.807, 2.05) is 0 Å². The quantitative estimate of drug-likeness (QED) is 0.167. The summed E-state index contributed by atoms with van der Waals surface area (Å²) in [4.78, 5) is 2.44. The number of hydrogen-bond donors (Lipinski definition) is 0. The molecular weight excluding hydrogens is 679 g/mol. The molecule has 3 heteroatoms. The van der Waals surface area contributed by atoms with Crippen molar-refractivity contribution in [2.75, 3.05) is 4.90 Å². The second kappa shape index (κ2) is 12.5. The summed E-state index contributed by atoms with van der Waals surface area (Å²) in [5.74, 6) is 0. The highest BCUT2D eigenvalue weighted by Crippen LogP contribution is 2.51. The number of nitrogens with zero attached hydrogens (tertiary/aromatic N) is 3. The summed E-state index contributed by atoms with van der Waals surface area (Å²) < 4.78 is 4.77. The average molecular weight is 718 g/mol. The third-order valence-electron chi connectivity index (χ3n) is 11.9. The van der Waals surface area contributed by atoms with Crippen molar-refractivity contribution in [1.82, 2.24) is 9.13 Å². The largest absolute Gasteiger partial charge is 0.316 e. The predicted octanol–water partition coefficient (Wildman–Crippen LogP) is 14.2. The van der Waals surface area contributed by atoms with Gasteiger partial charge in [-0.2, -0.15) is 0 Å². The maximum absolute atomic E-state index is 2.44. The fourth-order valence-corrected chi connectivity index (χ4v) is 9.23. The Morgan fingerprint density at radius 3 is 1.80 bits per heavy atom. The van der Waals surface area contributed by atoms with Gasteiger partial charge in [-0.3, -0.25) is 0 Å². The zero-order chi connectivity index (χ0) is 37.4. The van der Waals surface area contributed by atoms with Crippen LogP contribution in [-0.4, -0.2) is 9.13 Å². The molecule has 0 fully saturated rings. The van der Waals surface area contributed by atoms with Gasteiger partial charge in [0.25, 0.3) is 0 Å². The zero-order valence-corrected chi connectivity index (χ0v) is 31.4. The molecule has 0 spiro atoms.